The van der Waals surface area contributed by atoms with Gasteiger partial charge in [0.15, 0.2) is 0 Å². The lowest BCUT2D eigenvalue weighted by Gasteiger charge is -2.31. The molecule has 0 spiro atoms. The maximum atomic E-state index is 12.1. The Morgan fingerprint density at radius 3 is 2.39 bits per heavy atom. The largest absolute Gasteiger partial charge is 0.343 e. The molecule has 1 aliphatic rings. The minimum atomic E-state index is 0.154. The van der Waals surface area contributed by atoms with Crippen LogP contribution < -0.4 is 0 Å². The molecule has 1 saturated heterocycles. The number of carbonyl (C=O) groups excluding carboxylic acids is 1. The van der Waals surface area contributed by atoms with Gasteiger partial charge in [-0.25, -0.2) is 0 Å². The van der Waals surface area contributed by atoms with Gasteiger partial charge >= 0.3 is 0 Å². The first kappa shape index (κ1) is 15.0. The number of nitriles is 1. The van der Waals surface area contributed by atoms with Gasteiger partial charge < -0.3 is 4.90 Å². The zero-order chi connectivity index (χ0) is 13.8. The van der Waals surface area contributed by atoms with E-state index in [4.69, 9.17) is 5.26 Å². The van der Waals surface area contributed by atoms with Gasteiger partial charge in [-0.3, -0.25) is 4.79 Å². The Morgan fingerprint density at radius 2 is 1.94 bits per heavy atom. The summed E-state index contributed by atoms with van der Waals surface area (Å²) < 4.78 is 0. The Bertz CT molecular complexity index is 316. The second-order valence-corrected chi connectivity index (χ2v) is 6.86. The van der Waals surface area contributed by atoms with E-state index in [2.05, 4.69) is 33.8 Å². The quantitative estimate of drug-likeness (QED) is 0.772. The molecule has 0 aromatic carbocycles. The number of hydrogen-bond acceptors (Lipinski definition) is 2. The predicted octanol–water partition coefficient (Wildman–Crippen LogP) is 3.21. The number of nitrogens with zero attached hydrogens (tertiary/aromatic N) is 2. The third kappa shape index (κ3) is 5.08. The first-order valence-corrected chi connectivity index (χ1v) is 6.99. The fraction of sp³-hybridized carbons (Fsp3) is 0.867. The Balaban J connectivity index is 2.36. The van der Waals surface area contributed by atoms with Crippen molar-refractivity contribution in [3.8, 4) is 6.07 Å². The molecule has 0 N–H and O–H groups in total. The summed E-state index contributed by atoms with van der Waals surface area (Å²) in [7, 11) is 0. The highest BCUT2D eigenvalue weighted by Crippen LogP contribution is 2.27. The highest BCUT2D eigenvalue weighted by Gasteiger charge is 2.24. The van der Waals surface area contributed by atoms with Gasteiger partial charge in [-0.15, -0.1) is 0 Å². The molecule has 0 bridgehead atoms. The number of carbonyl (C=O) groups is 1. The molecular weight excluding hydrogens is 224 g/mol. The molecule has 0 saturated carbocycles. The van der Waals surface area contributed by atoms with Crippen LogP contribution in [0.15, 0.2) is 0 Å². The zero-order valence-electron chi connectivity index (χ0n) is 12.2. The van der Waals surface area contributed by atoms with Crippen molar-refractivity contribution in [1.82, 2.24) is 4.90 Å². The fourth-order valence-electron chi connectivity index (χ4n) is 2.80. The molecule has 3 nitrogen and oxygen atoms in total. The van der Waals surface area contributed by atoms with E-state index in [0.29, 0.717) is 12.3 Å². The van der Waals surface area contributed by atoms with Crippen molar-refractivity contribution in [2.45, 2.75) is 53.4 Å². The van der Waals surface area contributed by atoms with Gasteiger partial charge in [0.2, 0.25) is 5.91 Å². The molecule has 1 atom stereocenters. The summed E-state index contributed by atoms with van der Waals surface area (Å²) in [6, 6.07) is 2.30. The number of hydrogen-bond donors (Lipinski definition) is 0. The predicted molar refractivity (Wildman–Crippen MR) is 72.8 cm³/mol. The minimum absolute atomic E-state index is 0.154. The van der Waals surface area contributed by atoms with E-state index in [1.165, 1.54) is 0 Å². The standard InChI is InChI=1S/C15H26N2O/c1-12(10-15(2,3)4)9-14(18)17-7-5-13(11-16)6-8-17/h12-13H,5-10H2,1-4H3. The monoisotopic (exact) mass is 250 g/mol. The van der Waals surface area contributed by atoms with Crippen LogP contribution in [0.2, 0.25) is 0 Å². The summed E-state index contributed by atoms with van der Waals surface area (Å²) >= 11 is 0. The molecule has 1 aliphatic heterocycles. The van der Waals surface area contributed by atoms with Crippen LogP contribution in [0, 0.1) is 28.6 Å². The Labute approximate surface area is 111 Å². The van der Waals surface area contributed by atoms with Gasteiger partial charge in [0.25, 0.3) is 0 Å². The molecule has 1 heterocycles. The lowest BCUT2D eigenvalue weighted by atomic mass is 9.84. The van der Waals surface area contributed by atoms with Crippen LogP contribution in [0.3, 0.4) is 0 Å². The lowest BCUT2D eigenvalue weighted by Crippen LogP contribution is -2.39. The van der Waals surface area contributed by atoms with Crippen molar-refractivity contribution in [2.24, 2.45) is 17.3 Å². The maximum absolute atomic E-state index is 12.1. The van der Waals surface area contributed by atoms with Crippen LogP contribution >= 0.6 is 0 Å². The van der Waals surface area contributed by atoms with Crippen molar-refractivity contribution in [2.75, 3.05) is 13.1 Å². The topological polar surface area (TPSA) is 44.1 Å². The average molecular weight is 250 g/mol. The number of piperidine rings is 1. The summed E-state index contributed by atoms with van der Waals surface area (Å²) in [6.07, 6.45) is 3.41. The van der Waals surface area contributed by atoms with E-state index < -0.39 is 0 Å². The Morgan fingerprint density at radius 1 is 1.39 bits per heavy atom. The van der Waals surface area contributed by atoms with E-state index in [1.54, 1.807) is 0 Å². The summed E-state index contributed by atoms with van der Waals surface area (Å²) in [6.45, 7) is 10.3. The number of amides is 1. The van der Waals surface area contributed by atoms with Crippen molar-refractivity contribution in [3.63, 3.8) is 0 Å². The van der Waals surface area contributed by atoms with E-state index >= 15 is 0 Å². The zero-order valence-corrected chi connectivity index (χ0v) is 12.2. The highest BCUT2D eigenvalue weighted by atomic mass is 16.2. The SMILES string of the molecule is CC(CC(=O)N1CCC(C#N)CC1)CC(C)(C)C. The van der Waals surface area contributed by atoms with Crippen LogP contribution in [0.4, 0.5) is 0 Å². The Hall–Kier alpha value is -1.04. The van der Waals surface area contributed by atoms with Gasteiger partial charge in [-0.1, -0.05) is 27.7 Å². The molecule has 0 aromatic heterocycles. The molecule has 3 heteroatoms. The van der Waals surface area contributed by atoms with Crippen molar-refractivity contribution < 1.29 is 4.79 Å². The molecule has 0 radical (unpaired) electrons. The Kier molecular flexibility index (Phi) is 5.19. The first-order chi connectivity index (χ1) is 8.31. The van der Waals surface area contributed by atoms with E-state index in [9.17, 15) is 4.79 Å². The third-order valence-corrected chi connectivity index (χ3v) is 3.51. The van der Waals surface area contributed by atoms with Crippen LogP contribution in [0.25, 0.3) is 0 Å². The molecule has 18 heavy (non-hydrogen) atoms. The van der Waals surface area contributed by atoms with Crippen molar-refractivity contribution in [3.05, 3.63) is 0 Å². The first-order valence-electron chi connectivity index (χ1n) is 6.99. The number of rotatable bonds is 3. The minimum Gasteiger partial charge on any atom is -0.343 e. The summed E-state index contributed by atoms with van der Waals surface area (Å²) in [5.41, 5.74) is 0.285. The number of likely N-dealkylation sites (tertiary alicyclic amines) is 1. The molecule has 1 amide bonds. The molecule has 1 unspecified atom stereocenters. The van der Waals surface area contributed by atoms with E-state index in [1.807, 2.05) is 4.90 Å². The van der Waals surface area contributed by atoms with E-state index in [0.717, 1.165) is 32.4 Å². The van der Waals surface area contributed by atoms with Gasteiger partial charge in [0, 0.05) is 25.4 Å². The second-order valence-electron chi connectivity index (χ2n) is 6.86. The van der Waals surface area contributed by atoms with E-state index in [-0.39, 0.29) is 17.2 Å². The summed E-state index contributed by atoms with van der Waals surface area (Å²) in [5, 5.41) is 8.84. The molecule has 0 aliphatic carbocycles. The molecule has 1 rings (SSSR count). The summed E-state index contributed by atoms with van der Waals surface area (Å²) in [4.78, 5) is 14.1. The van der Waals surface area contributed by atoms with Crippen LogP contribution in [-0.2, 0) is 4.79 Å². The van der Waals surface area contributed by atoms with Crippen LogP contribution in [0.5, 0.6) is 0 Å². The smallest absolute Gasteiger partial charge is 0.222 e. The van der Waals surface area contributed by atoms with Gasteiger partial charge in [-0.2, -0.15) is 5.26 Å². The van der Waals surface area contributed by atoms with Crippen molar-refractivity contribution in [1.29, 1.82) is 5.26 Å². The highest BCUT2D eigenvalue weighted by molar-refractivity contribution is 5.76. The van der Waals surface area contributed by atoms with Crippen molar-refractivity contribution >= 4 is 5.91 Å². The molecular formula is C15H26N2O. The second kappa shape index (κ2) is 6.22. The maximum Gasteiger partial charge on any atom is 0.222 e. The third-order valence-electron chi connectivity index (χ3n) is 3.51. The molecule has 0 aromatic rings. The van der Waals surface area contributed by atoms with Crippen LogP contribution in [-0.4, -0.2) is 23.9 Å². The van der Waals surface area contributed by atoms with Crippen LogP contribution in [0.1, 0.15) is 53.4 Å². The van der Waals surface area contributed by atoms with Gasteiger partial charge in [0.05, 0.1) is 6.07 Å². The summed E-state index contributed by atoms with van der Waals surface area (Å²) in [5.74, 6) is 0.857. The fourth-order valence-corrected chi connectivity index (χ4v) is 2.80. The lowest BCUT2D eigenvalue weighted by molar-refractivity contribution is -0.133. The van der Waals surface area contributed by atoms with Gasteiger partial charge in [0.1, 0.15) is 0 Å². The average Bonchev–Trinajstić information content (AvgIpc) is 2.26. The van der Waals surface area contributed by atoms with Gasteiger partial charge in [-0.05, 0) is 30.6 Å². The normalized spacial score (nSPS) is 19.4. The molecule has 102 valence electrons. The molecule has 1 fully saturated rings.